The molecule has 1 N–H and O–H groups in total. The van der Waals surface area contributed by atoms with Crippen molar-refractivity contribution in [2.24, 2.45) is 0 Å². The first-order valence-corrected chi connectivity index (χ1v) is 3.43. The maximum atomic E-state index is 10.5. The fourth-order valence-corrected chi connectivity index (χ4v) is 0.905. The predicted octanol–water partition coefficient (Wildman–Crippen LogP) is -0.372. The fraction of sp³-hybridized carbons (Fsp3) is 0.111. The van der Waals surface area contributed by atoms with Crippen LogP contribution in [-0.4, -0.2) is 19.5 Å². The number of carbonyl (C=O) groups excluding carboxylic acids is 1. The van der Waals surface area contributed by atoms with E-state index in [2.05, 4.69) is 4.99 Å². The van der Waals surface area contributed by atoms with Crippen molar-refractivity contribution in [1.29, 1.82) is 0 Å². The van der Waals surface area contributed by atoms with Crippen molar-refractivity contribution < 1.29 is 9.79 Å². The molecule has 0 atom stereocenters. The maximum absolute atomic E-state index is 10.5. The van der Waals surface area contributed by atoms with E-state index < -0.39 is 0 Å². The standard InChI is InChI=1S/C9H9NO/c1-10-6-8-4-2-3-5-9(8)7-11/h2-7H,1H3/p+1. The monoisotopic (exact) mass is 148 g/mol. The molecule has 0 aliphatic heterocycles. The van der Waals surface area contributed by atoms with Crippen molar-refractivity contribution in [1.82, 2.24) is 0 Å². The van der Waals surface area contributed by atoms with E-state index >= 15 is 0 Å². The molecule has 0 spiro atoms. The normalized spacial score (nSPS) is 10.3. The lowest BCUT2D eigenvalue weighted by atomic mass is 10.1. The van der Waals surface area contributed by atoms with E-state index in [0.717, 1.165) is 11.8 Å². The lowest BCUT2D eigenvalue weighted by molar-refractivity contribution is -0.413. The summed E-state index contributed by atoms with van der Waals surface area (Å²) in [5.74, 6) is 0. The van der Waals surface area contributed by atoms with Crippen molar-refractivity contribution in [2.75, 3.05) is 7.05 Å². The molecule has 0 aliphatic carbocycles. The summed E-state index contributed by atoms with van der Waals surface area (Å²) in [7, 11) is 1.81. The van der Waals surface area contributed by atoms with Crippen LogP contribution in [0.2, 0.25) is 0 Å². The van der Waals surface area contributed by atoms with Crippen molar-refractivity contribution in [2.45, 2.75) is 0 Å². The van der Waals surface area contributed by atoms with Crippen molar-refractivity contribution >= 4 is 12.5 Å². The van der Waals surface area contributed by atoms with Gasteiger partial charge in [0.25, 0.3) is 0 Å². The zero-order valence-corrected chi connectivity index (χ0v) is 6.37. The number of hydrogen-bond acceptors (Lipinski definition) is 1. The molecule has 0 heterocycles. The van der Waals surface area contributed by atoms with E-state index in [1.807, 2.05) is 25.2 Å². The van der Waals surface area contributed by atoms with Crippen LogP contribution < -0.4 is 4.99 Å². The lowest BCUT2D eigenvalue weighted by Gasteiger charge is -1.91. The van der Waals surface area contributed by atoms with Crippen LogP contribution >= 0.6 is 0 Å². The van der Waals surface area contributed by atoms with Crippen LogP contribution in [0.5, 0.6) is 0 Å². The minimum Gasteiger partial charge on any atom is -0.298 e. The fourth-order valence-electron chi connectivity index (χ4n) is 0.905. The summed E-state index contributed by atoms with van der Waals surface area (Å²) in [6.45, 7) is 0. The molecule has 0 unspecified atom stereocenters. The van der Waals surface area contributed by atoms with Gasteiger partial charge >= 0.3 is 0 Å². The number of carbonyl (C=O) groups is 1. The zero-order chi connectivity index (χ0) is 8.10. The highest BCUT2D eigenvalue weighted by molar-refractivity contribution is 5.90. The zero-order valence-electron chi connectivity index (χ0n) is 6.37. The van der Waals surface area contributed by atoms with Crippen molar-refractivity contribution in [3.8, 4) is 0 Å². The van der Waals surface area contributed by atoms with Gasteiger partial charge in [-0.1, -0.05) is 18.2 Å². The molecule has 0 aromatic heterocycles. The van der Waals surface area contributed by atoms with Gasteiger partial charge < -0.3 is 0 Å². The molecule has 0 fully saturated rings. The molecule has 2 nitrogen and oxygen atoms in total. The summed E-state index contributed by atoms with van der Waals surface area (Å²) in [5.41, 5.74) is 1.63. The second-order valence-electron chi connectivity index (χ2n) is 2.18. The summed E-state index contributed by atoms with van der Waals surface area (Å²) < 4.78 is 0. The molecule has 0 saturated heterocycles. The van der Waals surface area contributed by atoms with Gasteiger partial charge in [0, 0.05) is 11.1 Å². The molecule has 0 bridgehead atoms. The van der Waals surface area contributed by atoms with Gasteiger partial charge in [-0.3, -0.25) is 9.79 Å². The van der Waals surface area contributed by atoms with Gasteiger partial charge in [0.05, 0.1) is 0 Å². The molecular weight excluding hydrogens is 138 g/mol. The third kappa shape index (κ3) is 1.74. The molecule has 1 aromatic rings. The van der Waals surface area contributed by atoms with Crippen LogP contribution in [0, 0.1) is 0 Å². The van der Waals surface area contributed by atoms with E-state index in [0.29, 0.717) is 5.56 Å². The van der Waals surface area contributed by atoms with Gasteiger partial charge in [-0.15, -0.1) is 0 Å². The van der Waals surface area contributed by atoms with E-state index in [4.69, 9.17) is 0 Å². The summed E-state index contributed by atoms with van der Waals surface area (Å²) >= 11 is 0. The van der Waals surface area contributed by atoms with Gasteiger partial charge in [0.2, 0.25) is 0 Å². The second-order valence-corrected chi connectivity index (χ2v) is 2.18. The Labute approximate surface area is 65.6 Å². The number of rotatable bonds is 2. The number of aldehydes is 1. The minimum atomic E-state index is 0.710. The average Bonchev–Trinajstić information content (AvgIpc) is 2.06. The van der Waals surface area contributed by atoms with Crippen molar-refractivity contribution in [3.05, 3.63) is 35.4 Å². The summed E-state index contributed by atoms with van der Waals surface area (Å²) in [5, 5.41) is 0. The van der Waals surface area contributed by atoms with Gasteiger partial charge in [-0.25, -0.2) is 0 Å². The molecule has 0 aliphatic rings. The first-order valence-electron chi connectivity index (χ1n) is 3.43. The molecule has 11 heavy (non-hydrogen) atoms. The molecule has 2 heteroatoms. The third-order valence-electron chi connectivity index (χ3n) is 1.42. The molecule has 1 rings (SSSR count). The SMILES string of the molecule is C[NH+]=Cc1ccccc1C=O. The number of hydrogen-bond donors (Lipinski definition) is 1. The summed E-state index contributed by atoms with van der Waals surface area (Å²) in [6, 6.07) is 7.42. The Bertz CT molecular complexity index is 279. The largest absolute Gasteiger partial charge is 0.298 e. The van der Waals surface area contributed by atoms with Crippen LogP contribution in [0.15, 0.2) is 24.3 Å². The maximum Gasteiger partial charge on any atom is 0.169 e. The topological polar surface area (TPSA) is 31.0 Å². The highest BCUT2D eigenvalue weighted by atomic mass is 16.1. The van der Waals surface area contributed by atoms with Crippen LogP contribution in [0.4, 0.5) is 0 Å². The highest BCUT2D eigenvalue weighted by Gasteiger charge is 1.97. The molecule has 1 aromatic carbocycles. The Morgan fingerprint density at radius 1 is 1.27 bits per heavy atom. The molecule has 0 saturated carbocycles. The molecular formula is C9H10NO+. The van der Waals surface area contributed by atoms with Crippen molar-refractivity contribution in [3.63, 3.8) is 0 Å². The Hall–Kier alpha value is -1.44. The quantitative estimate of drug-likeness (QED) is 0.450. The van der Waals surface area contributed by atoms with Crippen LogP contribution in [-0.2, 0) is 0 Å². The smallest absolute Gasteiger partial charge is 0.169 e. The van der Waals surface area contributed by atoms with Gasteiger partial charge in [0.15, 0.2) is 12.5 Å². The second kappa shape index (κ2) is 3.66. The Kier molecular flexibility index (Phi) is 2.55. The summed E-state index contributed by atoms with van der Waals surface area (Å²) in [4.78, 5) is 13.3. The Morgan fingerprint density at radius 2 is 1.91 bits per heavy atom. The third-order valence-corrected chi connectivity index (χ3v) is 1.42. The van der Waals surface area contributed by atoms with Crippen LogP contribution in [0.25, 0.3) is 0 Å². The number of nitrogens with one attached hydrogen (secondary N) is 1. The van der Waals surface area contributed by atoms with Crippen LogP contribution in [0.1, 0.15) is 15.9 Å². The van der Waals surface area contributed by atoms with E-state index in [1.165, 1.54) is 0 Å². The van der Waals surface area contributed by atoms with Crippen LogP contribution in [0.3, 0.4) is 0 Å². The van der Waals surface area contributed by atoms with E-state index in [1.54, 1.807) is 12.3 Å². The minimum absolute atomic E-state index is 0.710. The van der Waals surface area contributed by atoms with E-state index in [-0.39, 0.29) is 0 Å². The van der Waals surface area contributed by atoms with Gasteiger partial charge in [-0.05, 0) is 6.07 Å². The molecule has 56 valence electrons. The highest BCUT2D eigenvalue weighted by Crippen LogP contribution is 2.00. The van der Waals surface area contributed by atoms with E-state index in [9.17, 15) is 4.79 Å². The van der Waals surface area contributed by atoms with Gasteiger partial charge in [-0.2, -0.15) is 0 Å². The molecule has 0 radical (unpaired) electrons. The first kappa shape index (κ1) is 7.66. The lowest BCUT2D eigenvalue weighted by Crippen LogP contribution is -2.63. The average molecular weight is 148 g/mol. The Morgan fingerprint density at radius 3 is 2.45 bits per heavy atom. The number of benzene rings is 1. The summed E-state index contributed by atoms with van der Waals surface area (Å²) in [6.07, 6.45) is 2.65. The molecule has 0 amide bonds. The first-order chi connectivity index (χ1) is 5.38. The predicted molar refractivity (Wildman–Crippen MR) is 43.9 cm³/mol. The van der Waals surface area contributed by atoms with Gasteiger partial charge in [0.1, 0.15) is 7.05 Å². The Balaban J connectivity index is 3.11.